The molecule has 2 aromatic rings. The zero-order chi connectivity index (χ0) is 19.1. The molecule has 7 nitrogen and oxygen atoms in total. The van der Waals surface area contributed by atoms with Gasteiger partial charge in [-0.3, -0.25) is 14.9 Å². The number of carbonyl (C=O) groups excluding carboxylic acids is 2. The van der Waals surface area contributed by atoms with Crippen molar-refractivity contribution < 1.29 is 19.2 Å². The first kappa shape index (κ1) is 19.3. The molecule has 134 valence electrons. The van der Waals surface area contributed by atoms with E-state index >= 15 is 0 Å². The molecule has 0 radical (unpaired) electrons. The van der Waals surface area contributed by atoms with Gasteiger partial charge in [-0.05, 0) is 41.5 Å². The van der Waals surface area contributed by atoms with E-state index in [1.165, 1.54) is 43.5 Å². The number of hydrogen-bond donors (Lipinski definition) is 1. The van der Waals surface area contributed by atoms with Gasteiger partial charge in [0.2, 0.25) is 5.91 Å². The summed E-state index contributed by atoms with van der Waals surface area (Å²) in [6.07, 6.45) is 2.74. The third kappa shape index (κ3) is 5.25. The van der Waals surface area contributed by atoms with E-state index in [1.807, 2.05) is 0 Å². The lowest BCUT2D eigenvalue weighted by molar-refractivity contribution is -0.384. The van der Waals surface area contributed by atoms with Gasteiger partial charge >= 0.3 is 5.97 Å². The Balaban J connectivity index is 2.10. The molecule has 0 heterocycles. The van der Waals surface area contributed by atoms with E-state index in [2.05, 4.69) is 21.2 Å². The number of nitrogens with one attached hydrogen (secondary N) is 1. The van der Waals surface area contributed by atoms with Crippen molar-refractivity contribution in [2.45, 2.75) is 6.04 Å². The minimum atomic E-state index is -0.942. The molecule has 0 fully saturated rings. The molecule has 2 rings (SSSR count). The molecule has 0 aliphatic heterocycles. The van der Waals surface area contributed by atoms with Crippen molar-refractivity contribution in [1.29, 1.82) is 0 Å². The summed E-state index contributed by atoms with van der Waals surface area (Å²) in [5.41, 5.74) is 1.16. The Hall–Kier alpha value is -3.00. The molecule has 8 heteroatoms. The second-order valence-electron chi connectivity index (χ2n) is 5.20. The highest BCUT2D eigenvalue weighted by Gasteiger charge is 2.22. The number of benzene rings is 2. The van der Waals surface area contributed by atoms with Crippen molar-refractivity contribution in [3.8, 4) is 0 Å². The van der Waals surface area contributed by atoms with Crippen LogP contribution in [0.25, 0.3) is 6.08 Å². The molecule has 1 atom stereocenters. The normalized spacial score (nSPS) is 11.8. The first-order valence-electron chi connectivity index (χ1n) is 7.47. The fourth-order valence-electron chi connectivity index (χ4n) is 2.12. The summed E-state index contributed by atoms with van der Waals surface area (Å²) < 4.78 is 5.58. The number of amides is 1. The first-order chi connectivity index (χ1) is 12.4. The highest BCUT2D eigenvalue weighted by atomic mass is 79.9. The zero-order valence-corrected chi connectivity index (χ0v) is 15.3. The number of carbonyl (C=O) groups is 2. The fourth-order valence-corrected chi connectivity index (χ4v) is 2.39. The molecule has 0 aliphatic rings. The van der Waals surface area contributed by atoms with E-state index in [0.717, 1.165) is 4.47 Å². The van der Waals surface area contributed by atoms with Crippen molar-refractivity contribution >= 4 is 39.6 Å². The molecular formula is C18H15BrN2O5. The van der Waals surface area contributed by atoms with E-state index < -0.39 is 22.8 Å². The molecule has 0 aliphatic carbocycles. The molecule has 0 spiro atoms. The van der Waals surface area contributed by atoms with Crippen LogP contribution in [-0.2, 0) is 14.3 Å². The predicted molar refractivity (Wildman–Crippen MR) is 99.2 cm³/mol. The second-order valence-corrected chi connectivity index (χ2v) is 6.11. The molecule has 0 aromatic heterocycles. The number of methoxy groups -OCH3 is 1. The van der Waals surface area contributed by atoms with Crippen LogP contribution in [0.3, 0.4) is 0 Å². The number of esters is 1. The lowest BCUT2D eigenvalue weighted by Crippen LogP contribution is -2.33. The average Bonchev–Trinajstić information content (AvgIpc) is 2.65. The van der Waals surface area contributed by atoms with Crippen LogP contribution in [-0.4, -0.2) is 23.9 Å². The van der Waals surface area contributed by atoms with Gasteiger partial charge in [0.15, 0.2) is 6.04 Å². The largest absolute Gasteiger partial charge is 0.467 e. The summed E-state index contributed by atoms with van der Waals surface area (Å²) in [6.45, 7) is 0. The van der Waals surface area contributed by atoms with Crippen LogP contribution in [0.15, 0.2) is 59.1 Å². The van der Waals surface area contributed by atoms with E-state index in [9.17, 15) is 19.7 Å². The summed E-state index contributed by atoms with van der Waals surface area (Å²) in [7, 11) is 1.24. The number of nitrogens with zero attached hydrogens (tertiary/aromatic N) is 1. The molecule has 0 bridgehead atoms. The van der Waals surface area contributed by atoms with Gasteiger partial charge in [-0.25, -0.2) is 4.79 Å². The molecular weight excluding hydrogens is 404 g/mol. The van der Waals surface area contributed by atoms with Gasteiger partial charge in [0.1, 0.15) is 0 Å². The lowest BCUT2D eigenvalue weighted by atomic mass is 10.1. The van der Waals surface area contributed by atoms with Crippen molar-refractivity contribution in [2.24, 2.45) is 0 Å². The first-order valence-corrected chi connectivity index (χ1v) is 8.26. The number of non-ortho nitro benzene ring substituents is 1. The maximum Gasteiger partial charge on any atom is 0.333 e. The Morgan fingerprint density at radius 2 is 1.77 bits per heavy atom. The zero-order valence-electron chi connectivity index (χ0n) is 13.7. The van der Waals surface area contributed by atoms with Gasteiger partial charge in [-0.2, -0.15) is 0 Å². The molecule has 1 N–H and O–H groups in total. The minimum absolute atomic E-state index is 0.0346. The van der Waals surface area contributed by atoms with Crippen LogP contribution in [0.2, 0.25) is 0 Å². The van der Waals surface area contributed by atoms with Crippen molar-refractivity contribution in [2.75, 3.05) is 7.11 Å². The van der Waals surface area contributed by atoms with E-state index in [-0.39, 0.29) is 5.69 Å². The van der Waals surface area contributed by atoms with Crippen molar-refractivity contribution in [1.82, 2.24) is 5.32 Å². The monoisotopic (exact) mass is 418 g/mol. The SMILES string of the molecule is COC(=O)[C@@H](NC(=O)/C=C/c1ccc([N+](=O)[O-])cc1)c1ccc(Br)cc1. The summed E-state index contributed by atoms with van der Waals surface area (Å²) in [6, 6.07) is 11.7. The number of halogens is 1. The Morgan fingerprint density at radius 1 is 1.15 bits per heavy atom. The number of nitro groups is 1. The quantitative estimate of drug-likeness (QED) is 0.335. The Morgan fingerprint density at radius 3 is 2.31 bits per heavy atom. The third-order valence-corrected chi connectivity index (χ3v) is 3.99. The van der Waals surface area contributed by atoms with Crippen LogP contribution >= 0.6 is 15.9 Å². The molecule has 26 heavy (non-hydrogen) atoms. The predicted octanol–water partition coefficient (Wildman–Crippen LogP) is 3.40. The Bertz CT molecular complexity index is 832. The maximum absolute atomic E-state index is 12.1. The van der Waals surface area contributed by atoms with Crippen LogP contribution in [0.4, 0.5) is 5.69 Å². The summed E-state index contributed by atoms with van der Waals surface area (Å²) >= 11 is 3.31. The van der Waals surface area contributed by atoms with Crippen LogP contribution < -0.4 is 5.32 Å². The van der Waals surface area contributed by atoms with Gasteiger partial charge in [-0.15, -0.1) is 0 Å². The van der Waals surface area contributed by atoms with Crippen LogP contribution in [0, 0.1) is 10.1 Å². The van der Waals surface area contributed by atoms with E-state index in [0.29, 0.717) is 11.1 Å². The third-order valence-electron chi connectivity index (χ3n) is 3.46. The molecule has 0 unspecified atom stereocenters. The van der Waals surface area contributed by atoms with Gasteiger partial charge in [0, 0.05) is 22.7 Å². The molecule has 2 aromatic carbocycles. The van der Waals surface area contributed by atoms with Gasteiger partial charge in [0.05, 0.1) is 12.0 Å². The Kier molecular flexibility index (Phi) is 6.62. The lowest BCUT2D eigenvalue weighted by Gasteiger charge is -2.16. The molecule has 1 amide bonds. The highest BCUT2D eigenvalue weighted by Crippen LogP contribution is 2.18. The fraction of sp³-hybridized carbons (Fsp3) is 0.111. The van der Waals surface area contributed by atoms with E-state index in [1.54, 1.807) is 24.3 Å². The highest BCUT2D eigenvalue weighted by molar-refractivity contribution is 9.10. The smallest absolute Gasteiger partial charge is 0.333 e. The Labute approximate surface area is 157 Å². The van der Waals surface area contributed by atoms with Gasteiger partial charge in [0.25, 0.3) is 5.69 Å². The molecule has 0 saturated heterocycles. The number of rotatable bonds is 6. The summed E-state index contributed by atoms with van der Waals surface area (Å²) in [5, 5.41) is 13.2. The molecule has 0 saturated carbocycles. The summed E-state index contributed by atoms with van der Waals surface area (Å²) in [5.74, 6) is -1.09. The average molecular weight is 419 g/mol. The summed E-state index contributed by atoms with van der Waals surface area (Å²) in [4.78, 5) is 34.2. The number of ether oxygens (including phenoxy) is 1. The maximum atomic E-state index is 12.1. The number of nitro benzene ring substituents is 1. The standard InChI is InChI=1S/C18H15BrN2O5/c1-26-18(23)17(13-5-7-14(19)8-6-13)20-16(22)11-4-12-2-9-15(10-3-12)21(24)25/h2-11,17H,1H3,(H,20,22)/b11-4+/t17-/m0/s1. The minimum Gasteiger partial charge on any atom is -0.467 e. The second kappa shape index (κ2) is 8.91. The van der Waals surface area contributed by atoms with Crippen molar-refractivity contribution in [3.63, 3.8) is 0 Å². The topological polar surface area (TPSA) is 98.5 Å². The van der Waals surface area contributed by atoms with Crippen molar-refractivity contribution in [3.05, 3.63) is 80.3 Å². The number of hydrogen-bond acceptors (Lipinski definition) is 5. The van der Waals surface area contributed by atoms with Gasteiger partial charge in [-0.1, -0.05) is 28.1 Å². The van der Waals surface area contributed by atoms with Crippen LogP contribution in [0.1, 0.15) is 17.2 Å². The van der Waals surface area contributed by atoms with Gasteiger partial charge < -0.3 is 10.1 Å². The van der Waals surface area contributed by atoms with E-state index in [4.69, 9.17) is 4.74 Å². The van der Waals surface area contributed by atoms with Crippen LogP contribution in [0.5, 0.6) is 0 Å².